The summed E-state index contributed by atoms with van der Waals surface area (Å²) >= 11 is 0. The molecule has 6 nitrogen and oxygen atoms in total. The van der Waals surface area contributed by atoms with E-state index in [1.807, 2.05) is 19.9 Å². The molecule has 0 saturated carbocycles. The van der Waals surface area contributed by atoms with Crippen molar-refractivity contribution in [1.82, 2.24) is 4.98 Å². The summed E-state index contributed by atoms with van der Waals surface area (Å²) < 4.78 is 11.2. The van der Waals surface area contributed by atoms with Gasteiger partial charge in [-0.2, -0.15) is 5.26 Å². The minimum Gasteiger partial charge on any atom is -0.482 e. The molecule has 0 spiro atoms. The quantitative estimate of drug-likeness (QED) is 0.788. The molecule has 0 unspecified atom stereocenters. The highest BCUT2D eigenvalue weighted by atomic mass is 16.5. The number of carboxylic acids is 1. The summed E-state index contributed by atoms with van der Waals surface area (Å²) in [4.78, 5) is 15.2. The van der Waals surface area contributed by atoms with E-state index in [4.69, 9.17) is 14.3 Å². The monoisotopic (exact) mass is 322 g/mol. The number of fused-ring (bicyclic) bond motifs is 1. The number of hydrogen-bond acceptors (Lipinski definition) is 5. The highest BCUT2D eigenvalue weighted by molar-refractivity contribution is 5.91. The van der Waals surface area contributed by atoms with Crippen LogP contribution in [0.1, 0.15) is 32.9 Å². The van der Waals surface area contributed by atoms with Crippen molar-refractivity contribution < 1.29 is 19.1 Å². The molecule has 0 aliphatic carbocycles. The lowest BCUT2D eigenvalue weighted by molar-refractivity contribution is 0.0697. The van der Waals surface area contributed by atoms with Crippen LogP contribution in [-0.2, 0) is 6.61 Å². The maximum absolute atomic E-state index is 11.0. The molecule has 3 aromatic rings. The van der Waals surface area contributed by atoms with Gasteiger partial charge in [-0.25, -0.2) is 9.78 Å². The highest BCUT2D eigenvalue weighted by Gasteiger charge is 2.13. The van der Waals surface area contributed by atoms with Crippen molar-refractivity contribution in [3.05, 3.63) is 58.5 Å². The zero-order valence-corrected chi connectivity index (χ0v) is 13.2. The van der Waals surface area contributed by atoms with E-state index in [0.29, 0.717) is 28.3 Å². The first-order chi connectivity index (χ1) is 11.5. The van der Waals surface area contributed by atoms with E-state index in [1.165, 1.54) is 12.1 Å². The summed E-state index contributed by atoms with van der Waals surface area (Å²) in [5.74, 6) is -0.215. The van der Waals surface area contributed by atoms with E-state index < -0.39 is 5.97 Å². The topological polar surface area (TPSA) is 96.3 Å². The van der Waals surface area contributed by atoms with Crippen LogP contribution in [0.3, 0.4) is 0 Å². The van der Waals surface area contributed by atoms with Crippen molar-refractivity contribution in [3.63, 3.8) is 0 Å². The van der Waals surface area contributed by atoms with E-state index >= 15 is 0 Å². The molecule has 0 radical (unpaired) electrons. The summed E-state index contributed by atoms with van der Waals surface area (Å²) in [6.45, 7) is 3.84. The van der Waals surface area contributed by atoms with Crippen LogP contribution in [0, 0.1) is 25.2 Å². The molecule has 24 heavy (non-hydrogen) atoms. The predicted molar refractivity (Wildman–Crippen MR) is 85.9 cm³/mol. The van der Waals surface area contributed by atoms with E-state index in [1.54, 1.807) is 12.1 Å². The Hall–Kier alpha value is -3.33. The highest BCUT2D eigenvalue weighted by Crippen LogP contribution is 2.26. The fourth-order valence-corrected chi connectivity index (χ4v) is 2.53. The summed E-state index contributed by atoms with van der Waals surface area (Å²) in [5, 5.41) is 18.2. The van der Waals surface area contributed by atoms with Crippen LogP contribution >= 0.6 is 0 Å². The average molecular weight is 322 g/mol. The molecule has 1 aromatic heterocycles. The third-order valence-electron chi connectivity index (χ3n) is 3.56. The van der Waals surface area contributed by atoms with Crippen molar-refractivity contribution in [2.45, 2.75) is 20.5 Å². The largest absolute Gasteiger partial charge is 0.482 e. The van der Waals surface area contributed by atoms with Gasteiger partial charge in [0.05, 0.1) is 11.1 Å². The Kier molecular flexibility index (Phi) is 3.92. The Morgan fingerprint density at radius 1 is 1.33 bits per heavy atom. The van der Waals surface area contributed by atoms with Gasteiger partial charge in [0.15, 0.2) is 12.2 Å². The molecule has 6 heteroatoms. The van der Waals surface area contributed by atoms with Gasteiger partial charge >= 0.3 is 5.97 Å². The molecule has 1 heterocycles. The van der Waals surface area contributed by atoms with Gasteiger partial charge in [0, 0.05) is 0 Å². The smallest absolute Gasteiger partial charge is 0.335 e. The van der Waals surface area contributed by atoms with Gasteiger partial charge < -0.3 is 14.3 Å². The third-order valence-corrected chi connectivity index (χ3v) is 3.56. The third kappa shape index (κ3) is 2.92. The number of carbonyl (C=O) groups is 1. The molecule has 0 bridgehead atoms. The maximum Gasteiger partial charge on any atom is 0.335 e. The number of rotatable bonds is 4. The van der Waals surface area contributed by atoms with Gasteiger partial charge in [-0.05, 0) is 49.2 Å². The number of aromatic carboxylic acids is 1. The van der Waals surface area contributed by atoms with Gasteiger partial charge in [0.2, 0.25) is 5.89 Å². The molecule has 2 aromatic carbocycles. The van der Waals surface area contributed by atoms with Gasteiger partial charge in [0.1, 0.15) is 17.3 Å². The lowest BCUT2D eigenvalue weighted by atomic mass is 10.1. The maximum atomic E-state index is 11.0. The lowest BCUT2D eigenvalue weighted by Gasteiger charge is -2.10. The summed E-state index contributed by atoms with van der Waals surface area (Å²) in [5.41, 5.74) is 3.37. The predicted octanol–water partition coefficient (Wildman–Crippen LogP) is 3.59. The molecule has 0 aliphatic rings. The molecule has 0 fully saturated rings. The Morgan fingerprint density at radius 2 is 2.12 bits per heavy atom. The second kappa shape index (κ2) is 6.05. The Bertz CT molecular complexity index is 983. The number of oxazole rings is 1. The number of nitrogens with zero attached hydrogens (tertiary/aromatic N) is 2. The normalized spacial score (nSPS) is 10.5. The van der Waals surface area contributed by atoms with Gasteiger partial charge in [-0.1, -0.05) is 6.07 Å². The number of nitriles is 1. The van der Waals surface area contributed by atoms with E-state index in [0.717, 1.165) is 11.1 Å². The zero-order valence-electron chi connectivity index (χ0n) is 13.2. The molecule has 120 valence electrons. The number of hydrogen-bond donors (Lipinski definition) is 1. The zero-order chi connectivity index (χ0) is 17.3. The van der Waals surface area contributed by atoms with Crippen LogP contribution in [-0.4, -0.2) is 16.1 Å². The first kappa shape index (κ1) is 15.6. The van der Waals surface area contributed by atoms with Crippen LogP contribution < -0.4 is 4.74 Å². The number of ether oxygens (including phenoxy) is 1. The number of aromatic nitrogens is 1. The first-order valence-corrected chi connectivity index (χ1v) is 7.25. The molecule has 0 aliphatic heterocycles. The average Bonchev–Trinajstić information content (AvgIpc) is 2.94. The lowest BCUT2D eigenvalue weighted by Crippen LogP contribution is -2.00. The minimum absolute atomic E-state index is 0.0513. The molecule has 1 N–H and O–H groups in total. The SMILES string of the molecule is Cc1cc(C)c(OCc2nc3ccc(C(=O)O)cc3o2)c(C#N)c1. The molecule has 0 saturated heterocycles. The first-order valence-electron chi connectivity index (χ1n) is 7.25. The van der Waals surface area contributed by atoms with Crippen LogP contribution in [0.2, 0.25) is 0 Å². The summed E-state index contributed by atoms with van der Waals surface area (Å²) in [7, 11) is 0. The second-order valence-corrected chi connectivity index (χ2v) is 5.45. The van der Waals surface area contributed by atoms with Gasteiger partial charge in [-0.15, -0.1) is 0 Å². The van der Waals surface area contributed by atoms with Crippen LogP contribution in [0.25, 0.3) is 11.1 Å². The summed E-state index contributed by atoms with van der Waals surface area (Å²) in [6, 6.07) is 10.3. The van der Waals surface area contributed by atoms with Crippen LogP contribution in [0.15, 0.2) is 34.7 Å². The second-order valence-electron chi connectivity index (χ2n) is 5.45. The molecule has 3 rings (SSSR count). The minimum atomic E-state index is -1.03. The van der Waals surface area contributed by atoms with Crippen LogP contribution in [0.4, 0.5) is 0 Å². The Morgan fingerprint density at radius 3 is 2.83 bits per heavy atom. The Balaban J connectivity index is 1.86. The van der Waals surface area contributed by atoms with E-state index in [9.17, 15) is 10.1 Å². The van der Waals surface area contributed by atoms with Gasteiger partial charge in [-0.3, -0.25) is 0 Å². The molecule has 0 amide bonds. The molecule has 0 atom stereocenters. The fraction of sp³-hybridized carbons (Fsp3) is 0.167. The van der Waals surface area contributed by atoms with Crippen LogP contribution in [0.5, 0.6) is 5.75 Å². The standard InChI is InChI=1S/C18H14N2O4/c1-10-5-11(2)17(13(6-10)8-19)23-9-16-20-14-4-3-12(18(21)22)7-15(14)24-16/h3-7H,9H2,1-2H3,(H,21,22). The van der Waals surface area contributed by atoms with Crippen molar-refractivity contribution in [1.29, 1.82) is 5.26 Å². The van der Waals surface area contributed by atoms with E-state index in [2.05, 4.69) is 11.1 Å². The summed E-state index contributed by atoms with van der Waals surface area (Å²) in [6.07, 6.45) is 0. The number of carboxylic acid groups (broad SMARTS) is 1. The Labute approximate surface area is 137 Å². The number of benzene rings is 2. The molecular weight excluding hydrogens is 308 g/mol. The van der Waals surface area contributed by atoms with Crippen molar-refractivity contribution >= 4 is 17.1 Å². The van der Waals surface area contributed by atoms with Crippen molar-refractivity contribution in [2.75, 3.05) is 0 Å². The fourth-order valence-electron chi connectivity index (χ4n) is 2.53. The van der Waals surface area contributed by atoms with E-state index in [-0.39, 0.29) is 12.2 Å². The van der Waals surface area contributed by atoms with Crippen molar-refractivity contribution in [2.24, 2.45) is 0 Å². The number of aryl methyl sites for hydroxylation is 2. The molecular formula is C18H14N2O4. The van der Waals surface area contributed by atoms with Gasteiger partial charge in [0.25, 0.3) is 0 Å². The van der Waals surface area contributed by atoms with Crippen molar-refractivity contribution in [3.8, 4) is 11.8 Å².